The van der Waals surface area contributed by atoms with Crippen LogP contribution in [0.3, 0.4) is 0 Å². The Hall–Kier alpha value is -0.890. The van der Waals surface area contributed by atoms with E-state index in [2.05, 4.69) is 4.98 Å². The molecule has 1 aromatic rings. The molecule has 0 spiro atoms. The van der Waals surface area contributed by atoms with E-state index < -0.39 is 0 Å². The number of aliphatic hydroxyl groups excluding tert-OH is 1. The maximum absolute atomic E-state index is 10.1. The van der Waals surface area contributed by atoms with E-state index in [0.717, 1.165) is 17.4 Å². The number of hydrogen-bond acceptors (Lipinski definition) is 2. The molecule has 0 aromatic carbocycles. The molecule has 0 aliphatic heterocycles. The van der Waals surface area contributed by atoms with Gasteiger partial charge in [0.2, 0.25) is 0 Å². The third kappa shape index (κ3) is 1.34. The van der Waals surface area contributed by atoms with Crippen molar-refractivity contribution in [2.75, 3.05) is 0 Å². The van der Waals surface area contributed by atoms with Gasteiger partial charge < -0.3 is 5.11 Å². The quantitative estimate of drug-likeness (QED) is 0.773. The Bertz CT molecular complexity index is 314. The number of aromatic nitrogens is 1. The van der Waals surface area contributed by atoms with Crippen molar-refractivity contribution < 1.29 is 5.11 Å². The zero-order chi connectivity index (χ0) is 9.54. The lowest BCUT2D eigenvalue weighted by Gasteiger charge is -2.19. The highest BCUT2D eigenvalue weighted by Crippen LogP contribution is 2.56. The molecule has 0 bridgehead atoms. The summed E-state index contributed by atoms with van der Waals surface area (Å²) in [5.74, 6) is 2.36. The second kappa shape index (κ2) is 3.06. The van der Waals surface area contributed by atoms with Crippen LogP contribution < -0.4 is 0 Å². The van der Waals surface area contributed by atoms with Gasteiger partial charge in [0, 0.05) is 12.4 Å². The molecule has 2 fully saturated rings. The number of pyridine rings is 1. The topological polar surface area (TPSA) is 33.1 Å². The predicted octanol–water partition coefficient (Wildman–Crippen LogP) is 2.16. The maximum atomic E-state index is 10.1. The van der Waals surface area contributed by atoms with E-state index in [1.54, 1.807) is 12.4 Å². The van der Waals surface area contributed by atoms with Gasteiger partial charge in [0.05, 0.1) is 6.10 Å². The Morgan fingerprint density at radius 2 is 2.07 bits per heavy atom. The van der Waals surface area contributed by atoms with Gasteiger partial charge >= 0.3 is 0 Å². The van der Waals surface area contributed by atoms with Crippen LogP contribution in [0.25, 0.3) is 0 Å². The van der Waals surface area contributed by atoms with Gasteiger partial charge in [-0.3, -0.25) is 4.98 Å². The summed E-state index contributed by atoms with van der Waals surface area (Å²) in [6, 6.07) is 3.87. The van der Waals surface area contributed by atoms with Crippen molar-refractivity contribution in [3.8, 4) is 0 Å². The third-order valence-electron chi connectivity index (χ3n) is 3.75. The summed E-state index contributed by atoms with van der Waals surface area (Å²) in [6.07, 6.45) is 7.12. The van der Waals surface area contributed by atoms with Crippen LogP contribution in [0.2, 0.25) is 0 Å². The Labute approximate surface area is 84.0 Å². The van der Waals surface area contributed by atoms with Crippen molar-refractivity contribution >= 4 is 0 Å². The molecule has 2 saturated carbocycles. The minimum Gasteiger partial charge on any atom is -0.388 e. The SMILES string of the molecule is OC(c1cccnc1)C1CC2CC2C1. The van der Waals surface area contributed by atoms with Crippen molar-refractivity contribution in [3.05, 3.63) is 30.1 Å². The first-order valence-electron chi connectivity index (χ1n) is 5.42. The minimum absolute atomic E-state index is 0.281. The van der Waals surface area contributed by atoms with Crippen LogP contribution in [0.1, 0.15) is 30.9 Å². The van der Waals surface area contributed by atoms with Gasteiger partial charge in [-0.25, -0.2) is 0 Å². The van der Waals surface area contributed by atoms with E-state index >= 15 is 0 Å². The average Bonchev–Trinajstić information content (AvgIpc) is 2.86. The van der Waals surface area contributed by atoms with Crippen molar-refractivity contribution in [1.82, 2.24) is 4.98 Å². The number of hydrogen-bond donors (Lipinski definition) is 1. The second-order valence-corrected chi connectivity index (χ2v) is 4.72. The van der Waals surface area contributed by atoms with Crippen LogP contribution in [0.5, 0.6) is 0 Å². The Morgan fingerprint density at radius 3 is 2.71 bits per heavy atom. The molecule has 0 amide bonds. The molecule has 2 aliphatic rings. The van der Waals surface area contributed by atoms with Gasteiger partial charge in [0.15, 0.2) is 0 Å². The highest BCUT2D eigenvalue weighted by atomic mass is 16.3. The summed E-state index contributed by atoms with van der Waals surface area (Å²) in [7, 11) is 0. The second-order valence-electron chi connectivity index (χ2n) is 4.72. The molecule has 2 heteroatoms. The normalized spacial score (nSPS) is 36.5. The molecular formula is C12H15NO. The molecule has 3 atom stereocenters. The fourth-order valence-corrected chi connectivity index (χ4v) is 2.84. The Kier molecular flexibility index (Phi) is 1.84. The van der Waals surface area contributed by atoms with Gasteiger partial charge in [-0.05, 0) is 48.6 Å². The van der Waals surface area contributed by atoms with Crippen LogP contribution in [0.4, 0.5) is 0 Å². The fourth-order valence-electron chi connectivity index (χ4n) is 2.84. The van der Waals surface area contributed by atoms with Crippen molar-refractivity contribution in [2.24, 2.45) is 17.8 Å². The number of aliphatic hydroxyl groups is 1. The molecule has 2 nitrogen and oxygen atoms in total. The lowest BCUT2D eigenvalue weighted by Crippen LogP contribution is -2.10. The summed E-state index contributed by atoms with van der Waals surface area (Å²) in [5.41, 5.74) is 0.985. The zero-order valence-electron chi connectivity index (χ0n) is 8.13. The van der Waals surface area contributed by atoms with Crippen molar-refractivity contribution in [3.63, 3.8) is 0 Å². The first-order chi connectivity index (χ1) is 6.84. The molecule has 14 heavy (non-hydrogen) atoms. The van der Waals surface area contributed by atoms with Crippen LogP contribution in [-0.4, -0.2) is 10.1 Å². The van der Waals surface area contributed by atoms with E-state index in [9.17, 15) is 5.11 Å². The van der Waals surface area contributed by atoms with Gasteiger partial charge in [-0.15, -0.1) is 0 Å². The molecule has 3 unspecified atom stereocenters. The first kappa shape index (κ1) is 8.42. The summed E-state index contributed by atoms with van der Waals surface area (Å²) in [4.78, 5) is 4.05. The monoisotopic (exact) mass is 189 g/mol. The van der Waals surface area contributed by atoms with Crippen LogP contribution in [0, 0.1) is 17.8 Å². The van der Waals surface area contributed by atoms with Gasteiger partial charge in [-0.1, -0.05) is 6.07 Å². The average molecular weight is 189 g/mol. The molecule has 3 rings (SSSR count). The molecule has 0 saturated heterocycles. The number of rotatable bonds is 2. The van der Waals surface area contributed by atoms with E-state index in [1.807, 2.05) is 12.1 Å². The lowest BCUT2D eigenvalue weighted by atomic mass is 9.92. The number of nitrogens with zero attached hydrogens (tertiary/aromatic N) is 1. The highest BCUT2D eigenvalue weighted by molar-refractivity contribution is 5.14. The molecule has 1 heterocycles. The zero-order valence-corrected chi connectivity index (χ0v) is 8.13. The van der Waals surface area contributed by atoms with E-state index in [0.29, 0.717) is 5.92 Å². The first-order valence-corrected chi connectivity index (χ1v) is 5.42. The van der Waals surface area contributed by atoms with E-state index in [1.165, 1.54) is 19.3 Å². The summed E-state index contributed by atoms with van der Waals surface area (Å²) in [5, 5.41) is 10.1. The van der Waals surface area contributed by atoms with Crippen molar-refractivity contribution in [2.45, 2.75) is 25.4 Å². The largest absolute Gasteiger partial charge is 0.388 e. The molecule has 2 aliphatic carbocycles. The lowest BCUT2D eigenvalue weighted by molar-refractivity contribution is 0.104. The van der Waals surface area contributed by atoms with E-state index in [-0.39, 0.29) is 6.10 Å². The van der Waals surface area contributed by atoms with Crippen LogP contribution in [-0.2, 0) is 0 Å². The highest BCUT2D eigenvalue weighted by Gasteiger charge is 2.47. The number of fused-ring (bicyclic) bond motifs is 1. The summed E-state index contributed by atoms with van der Waals surface area (Å²) >= 11 is 0. The van der Waals surface area contributed by atoms with Crippen LogP contribution in [0.15, 0.2) is 24.5 Å². The fraction of sp³-hybridized carbons (Fsp3) is 0.583. The van der Waals surface area contributed by atoms with Crippen molar-refractivity contribution in [1.29, 1.82) is 0 Å². The summed E-state index contributed by atoms with van der Waals surface area (Å²) in [6.45, 7) is 0. The van der Waals surface area contributed by atoms with Crippen LogP contribution >= 0.6 is 0 Å². The molecule has 74 valence electrons. The third-order valence-corrected chi connectivity index (χ3v) is 3.75. The molecule has 1 N–H and O–H groups in total. The van der Waals surface area contributed by atoms with E-state index in [4.69, 9.17) is 0 Å². The van der Waals surface area contributed by atoms with Gasteiger partial charge in [0.25, 0.3) is 0 Å². The minimum atomic E-state index is -0.281. The maximum Gasteiger partial charge on any atom is 0.0833 e. The smallest absolute Gasteiger partial charge is 0.0833 e. The molecular weight excluding hydrogens is 174 g/mol. The van der Waals surface area contributed by atoms with Gasteiger partial charge in [0.1, 0.15) is 0 Å². The van der Waals surface area contributed by atoms with Gasteiger partial charge in [-0.2, -0.15) is 0 Å². The summed E-state index contributed by atoms with van der Waals surface area (Å²) < 4.78 is 0. The molecule has 0 radical (unpaired) electrons. The Balaban J connectivity index is 1.73. The molecule has 1 aromatic heterocycles. The predicted molar refractivity (Wildman–Crippen MR) is 53.5 cm³/mol. The Morgan fingerprint density at radius 1 is 1.29 bits per heavy atom. The standard InChI is InChI=1S/C12H15NO/c14-12(8-2-1-3-13-7-8)11-5-9-4-10(9)6-11/h1-3,7,9-12,14H,4-6H2.